The molecule has 1 aliphatic heterocycles. The van der Waals surface area contributed by atoms with Gasteiger partial charge < -0.3 is 14.6 Å². The highest BCUT2D eigenvalue weighted by Gasteiger charge is 2.58. The van der Waals surface area contributed by atoms with E-state index in [9.17, 15) is 18.0 Å². The molecule has 1 unspecified atom stereocenters. The zero-order valence-electron chi connectivity index (χ0n) is 23.7. The van der Waals surface area contributed by atoms with Crippen LogP contribution >= 0.6 is 11.6 Å². The Balaban J connectivity index is 1.33. The van der Waals surface area contributed by atoms with E-state index in [4.69, 9.17) is 21.0 Å². The van der Waals surface area contributed by atoms with Gasteiger partial charge in [-0.3, -0.25) is 14.2 Å². The summed E-state index contributed by atoms with van der Waals surface area (Å²) in [5, 5.41) is 3.76. The van der Waals surface area contributed by atoms with Gasteiger partial charge in [-0.25, -0.2) is 28.1 Å². The van der Waals surface area contributed by atoms with Gasteiger partial charge in [-0.1, -0.05) is 17.7 Å². The van der Waals surface area contributed by atoms with Gasteiger partial charge >= 0.3 is 0 Å². The first kappa shape index (κ1) is 28.2. The average molecular weight is 612 g/mol. The summed E-state index contributed by atoms with van der Waals surface area (Å²) < 4.78 is 32.3. The zero-order valence-corrected chi connectivity index (χ0v) is 25.2. The fourth-order valence-electron chi connectivity index (χ4n) is 6.07. The van der Waals surface area contributed by atoms with Crippen LogP contribution in [0.2, 0.25) is 5.15 Å². The molecule has 2 aliphatic rings. The predicted molar refractivity (Wildman–Crippen MR) is 158 cm³/mol. The van der Waals surface area contributed by atoms with Gasteiger partial charge in [-0.2, -0.15) is 0 Å². The Morgan fingerprint density at radius 3 is 2.50 bits per heavy atom. The van der Waals surface area contributed by atoms with Crippen molar-refractivity contribution < 1.29 is 17.6 Å². The number of rotatable bonds is 7. The number of hydrogen-bond donors (Lipinski definition) is 2. The van der Waals surface area contributed by atoms with Crippen molar-refractivity contribution in [2.24, 2.45) is 18.9 Å². The normalized spacial score (nSPS) is 20.4. The third-order valence-electron chi connectivity index (χ3n) is 7.98. The number of fused-ring (bicyclic) bond motifs is 2. The lowest BCUT2D eigenvalue weighted by Gasteiger charge is -2.25. The molecule has 1 aromatic carbocycles. The van der Waals surface area contributed by atoms with Crippen molar-refractivity contribution >= 4 is 50.1 Å². The minimum absolute atomic E-state index is 0.0345. The van der Waals surface area contributed by atoms with Gasteiger partial charge in [0.25, 0.3) is 11.5 Å². The van der Waals surface area contributed by atoms with E-state index in [1.807, 2.05) is 37.6 Å². The fraction of sp³-hybridized carbons (Fsp3) is 0.393. The van der Waals surface area contributed by atoms with Crippen molar-refractivity contribution in [2.45, 2.75) is 32.7 Å². The van der Waals surface area contributed by atoms with Crippen molar-refractivity contribution in [3.8, 4) is 0 Å². The molecule has 6 rings (SSSR count). The highest BCUT2D eigenvalue weighted by molar-refractivity contribution is 7.89. The van der Waals surface area contributed by atoms with Crippen LogP contribution in [0.5, 0.6) is 0 Å². The SMILES string of the molecule is Cc1cc([C@@H](C)Nc2ccc(Cl)nc2C(=O)NS(C)(=O)=O)c2nc(N3C[C@@H]4C(c5coc(C)n5)[C@@H]4C3)n(C)c(=O)c2c1. The van der Waals surface area contributed by atoms with E-state index in [-0.39, 0.29) is 22.1 Å². The number of hydrogen-bond acceptors (Lipinski definition) is 10. The number of aryl methyl sites for hydroxylation is 2. The number of aromatic nitrogens is 4. The van der Waals surface area contributed by atoms with Gasteiger partial charge in [0.2, 0.25) is 16.0 Å². The number of amides is 1. The minimum atomic E-state index is -3.83. The number of oxazole rings is 1. The van der Waals surface area contributed by atoms with Gasteiger partial charge in [-0.05, 0) is 49.4 Å². The van der Waals surface area contributed by atoms with E-state index in [0.717, 1.165) is 36.2 Å². The fourth-order valence-corrected chi connectivity index (χ4v) is 6.65. The molecule has 220 valence electrons. The van der Waals surface area contributed by atoms with Crippen molar-refractivity contribution in [3.05, 3.63) is 74.4 Å². The number of carbonyl (C=O) groups excluding carboxylic acids is 1. The van der Waals surface area contributed by atoms with E-state index in [0.29, 0.717) is 40.5 Å². The molecule has 0 radical (unpaired) electrons. The van der Waals surface area contributed by atoms with Crippen molar-refractivity contribution in [1.82, 2.24) is 24.2 Å². The summed E-state index contributed by atoms with van der Waals surface area (Å²) in [5.74, 6) is 1.55. The zero-order chi connectivity index (χ0) is 30.1. The van der Waals surface area contributed by atoms with E-state index in [1.165, 1.54) is 6.07 Å². The molecule has 2 fully saturated rings. The molecule has 42 heavy (non-hydrogen) atoms. The van der Waals surface area contributed by atoms with E-state index >= 15 is 0 Å². The van der Waals surface area contributed by atoms with Crippen LogP contribution in [0.1, 0.15) is 52.1 Å². The smallest absolute Gasteiger partial charge is 0.285 e. The number of benzene rings is 1. The first-order valence-corrected chi connectivity index (χ1v) is 15.7. The Kier molecular flexibility index (Phi) is 6.76. The van der Waals surface area contributed by atoms with Crippen LogP contribution in [0.4, 0.5) is 11.6 Å². The van der Waals surface area contributed by atoms with Crippen LogP contribution < -0.4 is 20.5 Å². The summed E-state index contributed by atoms with van der Waals surface area (Å²) in [6.07, 6.45) is 2.62. The molecule has 1 amide bonds. The van der Waals surface area contributed by atoms with Gasteiger partial charge in [0.05, 0.1) is 34.6 Å². The summed E-state index contributed by atoms with van der Waals surface area (Å²) in [6, 6.07) is 6.38. The van der Waals surface area contributed by atoms with Crippen LogP contribution in [0.15, 0.2) is 39.7 Å². The highest BCUT2D eigenvalue weighted by Crippen LogP contribution is 2.58. The van der Waals surface area contributed by atoms with Crippen LogP contribution in [0.25, 0.3) is 10.9 Å². The molecule has 3 aromatic heterocycles. The van der Waals surface area contributed by atoms with Crippen LogP contribution in [0, 0.1) is 25.7 Å². The number of pyridine rings is 1. The van der Waals surface area contributed by atoms with Crippen LogP contribution in [-0.4, -0.2) is 53.2 Å². The van der Waals surface area contributed by atoms with Crippen LogP contribution in [0.3, 0.4) is 0 Å². The third kappa shape index (κ3) is 5.11. The van der Waals surface area contributed by atoms with Gasteiger partial charge in [0, 0.05) is 38.5 Å². The molecule has 4 aromatic rings. The lowest BCUT2D eigenvalue weighted by molar-refractivity contribution is 0.0977. The molecular weight excluding hydrogens is 582 g/mol. The Labute approximate surface area is 247 Å². The average Bonchev–Trinajstić information content (AvgIpc) is 3.20. The summed E-state index contributed by atoms with van der Waals surface area (Å²) in [4.78, 5) is 42.1. The van der Waals surface area contributed by atoms with Crippen LogP contribution in [-0.2, 0) is 17.1 Å². The van der Waals surface area contributed by atoms with Gasteiger partial charge in [0.1, 0.15) is 11.4 Å². The lowest BCUT2D eigenvalue weighted by Crippen LogP contribution is -2.32. The number of carbonyl (C=O) groups is 1. The second kappa shape index (κ2) is 10.1. The molecule has 4 heterocycles. The van der Waals surface area contributed by atoms with E-state index in [1.54, 1.807) is 23.9 Å². The quantitative estimate of drug-likeness (QED) is 0.298. The molecule has 2 N–H and O–H groups in total. The molecule has 12 nitrogen and oxygen atoms in total. The maximum absolute atomic E-state index is 13.6. The molecule has 14 heteroatoms. The number of anilines is 2. The maximum atomic E-state index is 13.6. The Hall–Kier alpha value is -3.97. The Bertz CT molecular complexity index is 1910. The summed E-state index contributed by atoms with van der Waals surface area (Å²) in [6.45, 7) is 7.13. The van der Waals surface area contributed by atoms with E-state index in [2.05, 4.69) is 20.2 Å². The lowest BCUT2D eigenvalue weighted by atomic mass is 10.0. The van der Waals surface area contributed by atoms with Crippen molar-refractivity contribution in [1.29, 1.82) is 0 Å². The number of nitrogens with one attached hydrogen (secondary N) is 2. The topological polar surface area (TPSA) is 152 Å². The maximum Gasteiger partial charge on any atom is 0.285 e. The van der Waals surface area contributed by atoms with Crippen molar-refractivity contribution in [3.63, 3.8) is 0 Å². The summed E-state index contributed by atoms with van der Waals surface area (Å²) >= 11 is 6.03. The largest absolute Gasteiger partial charge is 0.449 e. The molecule has 1 saturated carbocycles. The number of halogens is 1. The third-order valence-corrected chi connectivity index (χ3v) is 8.75. The first-order chi connectivity index (χ1) is 19.8. The summed E-state index contributed by atoms with van der Waals surface area (Å²) in [7, 11) is -2.09. The predicted octanol–water partition coefficient (Wildman–Crippen LogP) is 3.30. The first-order valence-electron chi connectivity index (χ1n) is 13.4. The van der Waals surface area contributed by atoms with Crippen molar-refractivity contribution in [2.75, 3.05) is 29.6 Å². The Morgan fingerprint density at radius 1 is 1.14 bits per heavy atom. The van der Waals surface area contributed by atoms with E-state index < -0.39 is 22.0 Å². The Morgan fingerprint density at radius 2 is 1.86 bits per heavy atom. The second-order valence-corrected chi connectivity index (χ2v) is 13.3. The molecule has 1 saturated heterocycles. The number of nitrogens with zero attached hydrogens (tertiary/aromatic N) is 5. The van der Waals surface area contributed by atoms with Gasteiger partial charge in [-0.15, -0.1) is 0 Å². The highest BCUT2D eigenvalue weighted by atomic mass is 35.5. The second-order valence-electron chi connectivity index (χ2n) is 11.2. The molecule has 1 aliphatic carbocycles. The molecule has 0 bridgehead atoms. The number of piperidine rings is 1. The van der Waals surface area contributed by atoms with Gasteiger partial charge in [0.15, 0.2) is 11.6 Å². The minimum Gasteiger partial charge on any atom is -0.449 e. The monoisotopic (exact) mass is 611 g/mol. The molecule has 4 atom stereocenters. The summed E-state index contributed by atoms with van der Waals surface area (Å²) in [5.41, 5.74) is 3.10. The number of sulfonamides is 1. The standard InChI is InChI=1S/C28H30ClN7O5S/c1-13-8-16(14(2)30-20-6-7-22(29)32-25(20)26(37)34-42(5,39)40)24-17(9-13)27(38)35(4)28(33-24)36-10-18-19(11-36)23(18)21-12-41-15(3)31-21/h6-9,12,14,18-19,23,30H,10-11H2,1-5H3,(H,34,37)/t14-,18-,19+,23?/m1/s1. The molecular formula is C28H30ClN7O5S. The molecule has 0 spiro atoms.